The van der Waals surface area contributed by atoms with Gasteiger partial charge in [-0.1, -0.05) is 53.2 Å². The van der Waals surface area contributed by atoms with Gasteiger partial charge in [0.15, 0.2) is 25.2 Å². The molecular formula is C54H92O24. The van der Waals surface area contributed by atoms with Crippen LogP contribution in [-0.2, 0) is 37.9 Å². The average Bonchev–Trinajstić information content (AvgIpc) is 3.21. The molecule has 0 aromatic heterocycles. The Morgan fingerprint density at radius 3 is 1.63 bits per heavy atom. The predicted octanol–water partition coefficient (Wildman–Crippen LogP) is -3.23. The maximum absolute atomic E-state index is 12.7. The minimum absolute atomic E-state index is 0.00555. The van der Waals surface area contributed by atoms with Gasteiger partial charge >= 0.3 is 0 Å². The summed E-state index contributed by atoms with van der Waals surface area (Å²) in [7, 11) is 0. The average molecular weight is 1130 g/mol. The highest BCUT2D eigenvalue weighted by Gasteiger charge is 2.70. The molecule has 0 radical (unpaired) electrons. The molecule has 0 aromatic carbocycles. The lowest BCUT2D eigenvalue weighted by molar-refractivity contribution is -0.380. The van der Waals surface area contributed by atoms with Crippen LogP contribution in [0.1, 0.15) is 107 Å². The number of aliphatic hydroxyl groups excluding tert-OH is 15. The Balaban J connectivity index is 0.987. The Morgan fingerprint density at radius 1 is 0.590 bits per heavy atom. The molecule has 78 heavy (non-hydrogen) atoms. The van der Waals surface area contributed by atoms with Crippen LogP contribution in [0.2, 0.25) is 0 Å². The second-order valence-corrected chi connectivity index (χ2v) is 25.9. The smallest absolute Gasteiger partial charge is 0.187 e. The summed E-state index contributed by atoms with van der Waals surface area (Å²) in [5.41, 5.74) is -2.07. The molecule has 4 heterocycles. The van der Waals surface area contributed by atoms with Crippen LogP contribution >= 0.6 is 0 Å². The van der Waals surface area contributed by atoms with Crippen molar-refractivity contribution in [3.8, 4) is 0 Å². The normalized spacial score (nSPS) is 51.4. The highest BCUT2D eigenvalue weighted by atomic mass is 16.8. The van der Waals surface area contributed by atoms with Gasteiger partial charge in [0, 0.05) is 10.8 Å². The first-order chi connectivity index (χ1) is 36.4. The van der Waals surface area contributed by atoms with Crippen molar-refractivity contribution in [2.24, 2.45) is 45.3 Å². The van der Waals surface area contributed by atoms with Gasteiger partial charge in [-0.2, -0.15) is 0 Å². The molecule has 24 nitrogen and oxygen atoms in total. The zero-order chi connectivity index (χ0) is 57.5. The summed E-state index contributed by atoms with van der Waals surface area (Å²) < 4.78 is 47.7. The molecule has 16 N–H and O–H groups in total. The van der Waals surface area contributed by atoms with Crippen LogP contribution in [0.3, 0.4) is 0 Å². The first-order valence-corrected chi connectivity index (χ1v) is 28.0. The number of hydrogen-bond donors (Lipinski definition) is 16. The lowest BCUT2D eigenvalue weighted by atomic mass is 9.38. The van der Waals surface area contributed by atoms with Gasteiger partial charge in [0.2, 0.25) is 0 Å². The quantitative estimate of drug-likeness (QED) is 0.0637. The van der Waals surface area contributed by atoms with Crippen molar-refractivity contribution >= 4 is 0 Å². The molecule has 0 bridgehead atoms. The van der Waals surface area contributed by atoms with Gasteiger partial charge < -0.3 is 120 Å². The van der Waals surface area contributed by atoms with Crippen molar-refractivity contribution < 1.29 is 120 Å². The number of ether oxygens (including phenoxy) is 8. The molecule has 7 fully saturated rings. The van der Waals surface area contributed by atoms with E-state index in [1.165, 1.54) is 13.8 Å². The molecule has 8 aliphatic rings. The van der Waals surface area contributed by atoms with Crippen molar-refractivity contribution in [1.82, 2.24) is 0 Å². The van der Waals surface area contributed by atoms with Crippen LogP contribution in [-0.4, -0.2) is 255 Å². The Bertz CT molecular complexity index is 2020. The fraction of sp³-hybridized carbons (Fsp3) is 0.963. The molecule has 1 unspecified atom stereocenters. The summed E-state index contributed by atoms with van der Waals surface area (Å²) in [4.78, 5) is 0. The molecule has 452 valence electrons. The van der Waals surface area contributed by atoms with Gasteiger partial charge in [-0.15, -0.1) is 0 Å². The third-order valence-corrected chi connectivity index (χ3v) is 20.8. The lowest BCUT2D eigenvalue weighted by Gasteiger charge is -2.67. The van der Waals surface area contributed by atoms with Crippen molar-refractivity contribution in [2.75, 3.05) is 26.4 Å². The molecule has 0 spiro atoms. The van der Waals surface area contributed by atoms with E-state index in [-0.39, 0.29) is 40.9 Å². The summed E-state index contributed by atoms with van der Waals surface area (Å²) in [5, 5.41) is 172. The summed E-state index contributed by atoms with van der Waals surface area (Å²) >= 11 is 0. The molecule has 0 aromatic rings. The van der Waals surface area contributed by atoms with Gasteiger partial charge in [-0.3, -0.25) is 0 Å². The number of allylic oxidation sites excluding steroid dienone is 1. The van der Waals surface area contributed by atoms with Gasteiger partial charge in [0.1, 0.15) is 97.7 Å². The predicted molar refractivity (Wildman–Crippen MR) is 268 cm³/mol. The highest BCUT2D eigenvalue weighted by Crippen LogP contribution is 2.75. The van der Waals surface area contributed by atoms with Gasteiger partial charge in [0.05, 0.1) is 50.3 Å². The van der Waals surface area contributed by atoms with E-state index in [1.807, 2.05) is 0 Å². The number of hydrogen-bond acceptors (Lipinski definition) is 24. The summed E-state index contributed by atoms with van der Waals surface area (Å²) in [5.74, 6) is 0.223. The molecule has 30 atom stereocenters. The van der Waals surface area contributed by atoms with Crippen molar-refractivity contribution in [1.29, 1.82) is 0 Å². The molecule has 8 rings (SSSR count). The Hall–Kier alpha value is -1.22. The summed E-state index contributed by atoms with van der Waals surface area (Å²) in [6.07, 6.45) is -27.6. The SMILES string of the molecule is C[C@H](CC[C@@H](O[C@@H]1O[C@H](CO[C@@H]2O[C@H](CO)[C@@H](O)[C@H](O)[C@H]2O)[C@@H](O)[C@H](O)[C@H]1O[C@@H]1O[C@H](CO)[C@@H](O)[C@H](O)[C@H]1O)C(C)(C)O)[C@H]1CC[C@@]2(C)[C@@H]3CC=C4C(CC[C@H](O[C@@H]5O[C@H](CO)[C@@H](O)[C@H](O)[C@H]5O)C4(C)C)[C@]3(C)[C@H](O)C[C@]12C. The summed E-state index contributed by atoms with van der Waals surface area (Å²) in [6.45, 7) is 13.5. The molecule has 3 saturated carbocycles. The third-order valence-electron chi connectivity index (χ3n) is 20.8. The van der Waals surface area contributed by atoms with Crippen LogP contribution in [0.4, 0.5) is 0 Å². The van der Waals surface area contributed by atoms with Crippen molar-refractivity contribution in [3.05, 3.63) is 11.6 Å². The van der Waals surface area contributed by atoms with E-state index >= 15 is 0 Å². The zero-order valence-corrected chi connectivity index (χ0v) is 46.1. The first kappa shape index (κ1) is 62.8. The lowest BCUT2D eigenvalue weighted by Crippen LogP contribution is -2.65. The van der Waals surface area contributed by atoms with Crippen LogP contribution in [0.5, 0.6) is 0 Å². The standard InChI is InChI=1S/C54H92O24/c1-22(23-15-16-52(6)30-12-10-24-25(54(30,8)31(58)17-53(23,52)7)11-14-32(50(24,2)3)76-47-43(68)39(64)35(60)27(19-56)73-47)9-13-33(51(4,5)70)77-49-45(78-48-44(69)40(65)36(61)28(20-57)74-48)41(66)37(62)29(75-49)21-71-46-42(67)38(63)34(59)26(18-55)72-46/h10,22-23,25-49,55-70H,9,11-21H2,1-8H3/t22-,23-,25?,26-,27-,28-,29-,30+,31-,32+,33-,34-,35-,36-,37-,38+,39+,40+,41+,42-,43-,44-,45-,46-,47+,48+,49+,52+,53-,54+/m1/s1. The Labute approximate surface area is 455 Å². The first-order valence-electron chi connectivity index (χ1n) is 28.0. The summed E-state index contributed by atoms with van der Waals surface area (Å²) in [6, 6.07) is 0. The van der Waals surface area contributed by atoms with Crippen LogP contribution < -0.4 is 0 Å². The van der Waals surface area contributed by atoms with Gasteiger partial charge in [-0.25, -0.2) is 0 Å². The fourth-order valence-corrected chi connectivity index (χ4v) is 15.6. The fourth-order valence-electron chi connectivity index (χ4n) is 15.6. The third kappa shape index (κ3) is 11.0. The van der Waals surface area contributed by atoms with Crippen LogP contribution in [0.15, 0.2) is 11.6 Å². The van der Waals surface area contributed by atoms with Crippen LogP contribution in [0.25, 0.3) is 0 Å². The monoisotopic (exact) mass is 1120 g/mol. The maximum atomic E-state index is 12.7. The zero-order valence-electron chi connectivity index (χ0n) is 46.1. The van der Waals surface area contributed by atoms with Crippen LogP contribution in [0, 0.1) is 45.3 Å². The maximum Gasteiger partial charge on any atom is 0.187 e. The van der Waals surface area contributed by atoms with Gasteiger partial charge in [-0.05, 0) is 99.7 Å². The molecular weight excluding hydrogens is 1030 g/mol. The van der Waals surface area contributed by atoms with E-state index in [0.717, 1.165) is 18.4 Å². The van der Waals surface area contributed by atoms with E-state index in [4.69, 9.17) is 37.9 Å². The number of aliphatic hydroxyl groups is 16. The van der Waals surface area contributed by atoms with E-state index in [1.54, 1.807) is 0 Å². The second-order valence-electron chi connectivity index (χ2n) is 25.9. The molecule has 4 saturated heterocycles. The van der Waals surface area contributed by atoms with Crippen molar-refractivity contribution in [3.63, 3.8) is 0 Å². The topological polar surface area (TPSA) is 398 Å². The van der Waals surface area contributed by atoms with Crippen molar-refractivity contribution in [2.45, 2.75) is 253 Å². The van der Waals surface area contributed by atoms with E-state index in [0.29, 0.717) is 32.1 Å². The Kier molecular flexibility index (Phi) is 19.1. The number of fused-ring (bicyclic) bond motifs is 5. The largest absolute Gasteiger partial charge is 0.394 e. The second kappa shape index (κ2) is 23.7. The number of rotatable bonds is 17. The molecule has 4 aliphatic heterocycles. The van der Waals surface area contributed by atoms with Gasteiger partial charge in [0.25, 0.3) is 0 Å². The Morgan fingerprint density at radius 2 is 1.09 bits per heavy atom. The van der Waals surface area contributed by atoms with E-state index in [2.05, 4.69) is 47.6 Å². The van der Waals surface area contributed by atoms with E-state index < -0.39 is 184 Å². The minimum Gasteiger partial charge on any atom is -0.394 e. The molecule has 24 heteroatoms. The molecule has 4 aliphatic carbocycles. The van der Waals surface area contributed by atoms with E-state index in [9.17, 15) is 81.7 Å². The minimum atomic E-state index is -1.93. The highest BCUT2D eigenvalue weighted by molar-refractivity contribution is 5.32. The molecule has 0 amide bonds.